The van der Waals surface area contributed by atoms with Crippen molar-refractivity contribution in [1.29, 1.82) is 0 Å². The van der Waals surface area contributed by atoms with E-state index in [1.54, 1.807) is 0 Å². The van der Waals surface area contributed by atoms with Crippen LogP contribution in [0.1, 0.15) is 11.4 Å². The van der Waals surface area contributed by atoms with Gasteiger partial charge in [-0.05, 0) is 31.5 Å². The zero-order valence-electron chi connectivity index (χ0n) is 12.7. The van der Waals surface area contributed by atoms with Gasteiger partial charge in [-0.3, -0.25) is 0 Å². The van der Waals surface area contributed by atoms with Crippen molar-refractivity contribution in [3.8, 4) is 11.3 Å². The number of aliphatic hydroxyl groups is 1. The molecule has 0 bridgehead atoms. The highest BCUT2D eigenvalue weighted by atomic mass is 35.5. The third kappa shape index (κ3) is 2.74. The van der Waals surface area contributed by atoms with Crippen molar-refractivity contribution in [2.45, 2.75) is 13.3 Å². The molecule has 0 unspecified atom stereocenters. The maximum absolute atomic E-state index is 9.20. The summed E-state index contributed by atoms with van der Waals surface area (Å²) in [5, 5.41) is 13.3. The number of anilines is 2. The molecule has 5 nitrogen and oxygen atoms in total. The Labute approximate surface area is 135 Å². The molecule has 6 heteroatoms. The topological polar surface area (TPSA) is 61.3 Å². The first-order valence-electron chi connectivity index (χ1n) is 7.33. The average molecular weight is 319 g/mol. The van der Waals surface area contributed by atoms with Crippen molar-refractivity contribution in [1.82, 2.24) is 9.97 Å². The normalized spacial score (nSPS) is 12.9. The molecule has 3 rings (SSSR count). The zero-order chi connectivity index (χ0) is 15.7. The average Bonchev–Trinajstić information content (AvgIpc) is 2.65. The summed E-state index contributed by atoms with van der Waals surface area (Å²) < 4.78 is 0. The van der Waals surface area contributed by atoms with Gasteiger partial charge in [0.05, 0.1) is 12.3 Å². The Kier molecular flexibility index (Phi) is 4.18. The highest BCUT2D eigenvalue weighted by Crippen LogP contribution is 2.36. The molecule has 0 radical (unpaired) electrons. The molecular formula is C16H19ClN4O. The van der Waals surface area contributed by atoms with Gasteiger partial charge in [-0.1, -0.05) is 11.6 Å². The number of nitrogens with zero attached hydrogens (tertiary/aromatic N) is 3. The number of nitrogens with one attached hydrogen (secondary N) is 1. The second kappa shape index (κ2) is 6.10. The van der Waals surface area contributed by atoms with Crippen LogP contribution in [0.25, 0.3) is 11.3 Å². The Hall–Kier alpha value is -1.85. The number of aryl methyl sites for hydroxylation is 1. The summed E-state index contributed by atoms with van der Waals surface area (Å²) in [6, 6.07) is 5.81. The Bertz CT molecular complexity index is 705. The molecule has 1 aromatic heterocycles. The minimum Gasteiger partial charge on any atom is -0.395 e. The van der Waals surface area contributed by atoms with Crippen molar-refractivity contribution in [2.24, 2.45) is 0 Å². The van der Waals surface area contributed by atoms with Gasteiger partial charge in [-0.25, -0.2) is 9.97 Å². The van der Waals surface area contributed by atoms with Crippen LogP contribution in [0.5, 0.6) is 0 Å². The molecule has 0 spiro atoms. The molecule has 0 aliphatic carbocycles. The van der Waals surface area contributed by atoms with Crippen LogP contribution in [0.15, 0.2) is 18.2 Å². The second-order valence-electron chi connectivity index (χ2n) is 5.43. The molecule has 0 amide bonds. The first kappa shape index (κ1) is 15.1. The summed E-state index contributed by atoms with van der Waals surface area (Å²) in [6.07, 6.45) is 0.826. The fourth-order valence-electron chi connectivity index (χ4n) is 2.80. The third-order valence-electron chi connectivity index (χ3n) is 3.82. The molecule has 116 valence electrons. The summed E-state index contributed by atoms with van der Waals surface area (Å²) in [4.78, 5) is 11.2. The maximum atomic E-state index is 9.20. The summed E-state index contributed by atoms with van der Waals surface area (Å²) in [7, 11) is 1.94. The molecule has 1 aliphatic heterocycles. The van der Waals surface area contributed by atoms with Gasteiger partial charge in [0.1, 0.15) is 11.6 Å². The lowest BCUT2D eigenvalue weighted by Crippen LogP contribution is -2.25. The van der Waals surface area contributed by atoms with Gasteiger partial charge in [0.2, 0.25) is 0 Å². The fraction of sp³-hybridized carbons (Fsp3) is 0.375. The molecule has 0 atom stereocenters. The van der Waals surface area contributed by atoms with Crippen molar-refractivity contribution < 1.29 is 5.11 Å². The van der Waals surface area contributed by atoms with E-state index >= 15 is 0 Å². The Balaban J connectivity index is 2.19. The van der Waals surface area contributed by atoms with E-state index in [2.05, 4.69) is 15.3 Å². The number of likely N-dealkylation sites (N-methyl/N-ethyl adjacent to an activating group) is 1. The molecule has 1 aliphatic rings. The van der Waals surface area contributed by atoms with Gasteiger partial charge in [0.15, 0.2) is 0 Å². The van der Waals surface area contributed by atoms with Crippen LogP contribution in [0.2, 0.25) is 5.02 Å². The van der Waals surface area contributed by atoms with Gasteiger partial charge < -0.3 is 15.3 Å². The fourth-order valence-corrected chi connectivity index (χ4v) is 2.97. The molecule has 0 fully saturated rings. The highest BCUT2D eigenvalue weighted by Gasteiger charge is 2.21. The summed E-state index contributed by atoms with van der Waals surface area (Å²) in [5.41, 5.74) is 4.10. The van der Waals surface area contributed by atoms with Gasteiger partial charge >= 0.3 is 0 Å². The number of aliphatic hydroxyl groups excluding tert-OH is 1. The lowest BCUT2D eigenvalue weighted by atomic mass is 10.0. The van der Waals surface area contributed by atoms with Crippen molar-refractivity contribution in [3.05, 3.63) is 34.6 Å². The number of rotatable bonds is 3. The lowest BCUT2D eigenvalue weighted by molar-refractivity contribution is 0.303. The first-order chi connectivity index (χ1) is 10.6. The largest absolute Gasteiger partial charge is 0.395 e. The number of hydrogen-bond donors (Lipinski definition) is 2. The summed E-state index contributed by atoms with van der Waals surface area (Å²) in [5.74, 6) is 1.61. The highest BCUT2D eigenvalue weighted by molar-refractivity contribution is 6.31. The molecular weight excluding hydrogens is 300 g/mol. The van der Waals surface area contributed by atoms with Crippen LogP contribution in [0.4, 0.5) is 11.5 Å². The zero-order valence-corrected chi connectivity index (χ0v) is 13.5. The second-order valence-corrected chi connectivity index (χ2v) is 5.87. The van der Waals surface area contributed by atoms with Crippen LogP contribution >= 0.6 is 11.6 Å². The van der Waals surface area contributed by atoms with E-state index in [1.807, 2.05) is 37.1 Å². The van der Waals surface area contributed by atoms with Gasteiger partial charge in [0.25, 0.3) is 0 Å². The number of halogens is 1. The maximum Gasteiger partial charge on any atom is 0.136 e. The van der Waals surface area contributed by atoms with E-state index in [4.69, 9.17) is 11.6 Å². The Morgan fingerprint density at radius 1 is 1.36 bits per heavy atom. The quantitative estimate of drug-likeness (QED) is 0.910. The van der Waals surface area contributed by atoms with Crippen molar-refractivity contribution in [2.75, 3.05) is 37.0 Å². The smallest absolute Gasteiger partial charge is 0.136 e. The predicted octanol–water partition coefficient (Wildman–Crippen LogP) is 2.50. The summed E-state index contributed by atoms with van der Waals surface area (Å²) in [6.45, 7) is 3.33. The molecule has 2 heterocycles. The van der Waals surface area contributed by atoms with Gasteiger partial charge in [-0.15, -0.1) is 0 Å². The van der Waals surface area contributed by atoms with Crippen molar-refractivity contribution in [3.63, 3.8) is 0 Å². The number of aromatic nitrogens is 2. The van der Waals surface area contributed by atoms with E-state index < -0.39 is 0 Å². The van der Waals surface area contributed by atoms with E-state index in [0.717, 1.165) is 47.1 Å². The molecule has 0 saturated carbocycles. The number of fused-ring (bicyclic) bond motifs is 3. The van der Waals surface area contributed by atoms with E-state index in [9.17, 15) is 5.11 Å². The SMILES string of the molecule is Cc1nc2c(c(N(C)CCO)n1)CCNc1cc(Cl)ccc1-2. The van der Waals surface area contributed by atoms with Crippen LogP contribution in [0, 0.1) is 6.92 Å². The van der Waals surface area contributed by atoms with E-state index in [-0.39, 0.29) is 6.61 Å². The standard InChI is InChI=1S/C16H19ClN4O/c1-10-19-15-12-4-3-11(17)9-14(12)18-6-5-13(15)16(20-10)21(2)7-8-22/h3-4,9,18,22H,5-8H2,1-2H3. The van der Waals surface area contributed by atoms with Crippen LogP contribution in [-0.2, 0) is 6.42 Å². The Morgan fingerprint density at radius 2 is 2.18 bits per heavy atom. The third-order valence-corrected chi connectivity index (χ3v) is 4.06. The first-order valence-corrected chi connectivity index (χ1v) is 7.71. The van der Waals surface area contributed by atoms with E-state index in [0.29, 0.717) is 11.6 Å². The van der Waals surface area contributed by atoms with E-state index in [1.165, 1.54) is 0 Å². The van der Waals surface area contributed by atoms with Crippen LogP contribution in [0.3, 0.4) is 0 Å². The predicted molar refractivity (Wildman–Crippen MR) is 89.8 cm³/mol. The number of benzene rings is 1. The Morgan fingerprint density at radius 3 is 2.95 bits per heavy atom. The molecule has 2 N–H and O–H groups in total. The molecule has 1 aromatic carbocycles. The lowest BCUT2D eigenvalue weighted by Gasteiger charge is -2.22. The van der Waals surface area contributed by atoms with Gasteiger partial charge in [-0.2, -0.15) is 0 Å². The van der Waals surface area contributed by atoms with Crippen LogP contribution < -0.4 is 10.2 Å². The molecule has 0 saturated heterocycles. The molecule has 22 heavy (non-hydrogen) atoms. The monoisotopic (exact) mass is 318 g/mol. The minimum atomic E-state index is 0.0960. The summed E-state index contributed by atoms with van der Waals surface area (Å²) >= 11 is 6.10. The van der Waals surface area contributed by atoms with Crippen molar-refractivity contribution >= 4 is 23.1 Å². The van der Waals surface area contributed by atoms with Gasteiger partial charge in [0, 0.05) is 42.0 Å². The minimum absolute atomic E-state index is 0.0960. The number of hydrogen-bond acceptors (Lipinski definition) is 5. The molecule has 2 aromatic rings. The van der Waals surface area contributed by atoms with Crippen LogP contribution in [-0.4, -0.2) is 41.8 Å².